The number of carboxylic acid groups (broad SMARTS) is 1. The van der Waals surface area contributed by atoms with E-state index < -0.39 is 48.0 Å². The molecule has 0 saturated heterocycles. The Morgan fingerprint density at radius 2 is 1.62 bits per heavy atom. The maximum absolute atomic E-state index is 14.2. The summed E-state index contributed by atoms with van der Waals surface area (Å²) in [5.41, 5.74) is 2.37. The van der Waals surface area contributed by atoms with E-state index in [1.54, 1.807) is 0 Å². The Kier molecular flexibility index (Phi) is 13.8. The van der Waals surface area contributed by atoms with Gasteiger partial charge in [-0.25, -0.2) is 18.0 Å². The van der Waals surface area contributed by atoms with Crippen LogP contribution in [0.4, 0.5) is 18.0 Å². The van der Waals surface area contributed by atoms with Crippen molar-refractivity contribution in [2.45, 2.75) is 89.7 Å². The molecule has 2 aromatic rings. The normalized spacial score (nSPS) is 14.3. The van der Waals surface area contributed by atoms with Crippen LogP contribution in [0.5, 0.6) is 0 Å². The fourth-order valence-electron chi connectivity index (χ4n) is 4.35. The van der Waals surface area contributed by atoms with Crippen LogP contribution in [0, 0.1) is 11.6 Å². The Hall–Kier alpha value is -3.11. The van der Waals surface area contributed by atoms with Crippen LogP contribution >= 0.6 is 0 Å². The Morgan fingerprint density at radius 3 is 2.26 bits per heavy atom. The summed E-state index contributed by atoms with van der Waals surface area (Å²) in [6.45, 7) is 4.46. The van der Waals surface area contributed by atoms with Crippen molar-refractivity contribution in [2.75, 3.05) is 6.54 Å². The molecule has 4 atom stereocenters. The first-order valence-electron chi connectivity index (χ1n) is 13.5. The predicted octanol–water partition coefficient (Wildman–Crippen LogP) is 4.65. The second kappa shape index (κ2) is 16.8. The van der Waals surface area contributed by atoms with Gasteiger partial charge in [0.15, 0.2) is 0 Å². The number of carbonyl (C=O) groups is 2. The van der Waals surface area contributed by atoms with Crippen molar-refractivity contribution in [3.63, 3.8) is 0 Å². The number of hydrogen-bond acceptors (Lipinski definition) is 4. The van der Waals surface area contributed by atoms with Crippen molar-refractivity contribution in [3.8, 4) is 0 Å². The van der Waals surface area contributed by atoms with Crippen LogP contribution in [-0.2, 0) is 24.2 Å². The predicted molar refractivity (Wildman–Crippen MR) is 144 cm³/mol. The number of hydrogen-bond donors (Lipinski definition) is 5. The van der Waals surface area contributed by atoms with Crippen molar-refractivity contribution in [1.82, 2.24) is 16.0 Å². The average Bonchev–Trinajstić information content (AvgIpc) is 2.88. The summed E-state index contributed by atoms with van der Waals surface area (Å²) in [5, 5.41) is 28.0. The summed E-state index contributed by atoms with van der Waals surface area (Å²) in [5.74, 6) is -2.35. The summed E-state index contributed by atoms with van der Waals surface area (Å²) >= 11 is 0. The summed E-state index contributed by atoms with van der Waals surface area (Å²) in [4.78, 5) is 24.4. The minimum absolute atomic E-state index is 0.0148. The van der Waals surface area contributed by atoms with Gasteiger partial charge >= 0.3 is 6.09 Å². The minimum atomic E-state index is -1.45. The highest BCUT2D eigenvalue weighted by Gasteiger charge is 2.28. The van der Waals surface area contributed by atoms with Crippen LogP contribution in [0.25, 0.3) is 0 Å². The van der Waals surface area contributed by atoms with Gasteiger partial charge in [0.2, 0.25) is 5.91 Å². The quantitative estimate of drug-likeness (QED) is 0.197. The van der Waals surface area contributed by atoms with Crippen molar-refractivity contribution >= 4 is 12.0 Å². The zero-order valence-electron chi connectivity index (χ0n) is 22.6. The fraction of sp³-hybridized carbons (Fsp3) is 0.517. The molecule has 2 amide bonds. The molecular weight excluding hydrogens is 511 g/mol. The molecule has 0 aromatic heterocycles. The second-order valence-corrected chi connectivity index (χ2v) is 9.79. The highest BCUT2D eigenvalue weighted by Crippen LogP contribution is 2.15. The SMILES string of the molecule is CCCCC(F)CC[C@@H](NC(=O)O)C(=O)N[C@@H](Cc1cc(F)cc(F)c1)[C@H](O)CNCc1cccc(CC)c1. The number of alkyl halides is 1. The fourth-order valence-corrected chi connectivity index (χ4v) is 4.35. The maximum atomic E-state index is 14.2. The van der Waals surface area contributed by atoms with Gasteiger partial charge in [0, 0.05) is 19.2 Å². The van der Waals surface area contributed by atoms with Crippen molar-refractivity contribution < 1.29 is 33.0 Å². The molecule has 2 aromatic carbocycles. The summed E-state index contributed by atoms with van der Waals surface area (Å²) in [6.07, 6.45) is -1.32. The molecule has 0 aliphatic rings. The Morgan fingerprint density at radius 1 is 0.923 bits per heavy atom. The van der Waals surface area contributed by atoms with E-state index in [4.69, 9.17) is 0 Å². The molecular formula is C29H40F3N3O4. The molecule has 0 fully saturated rings. The first-order valence-corrected chi connectivity index (χ1v) is 13.5. The van der Waals surface area contributed by atoms with E-state index in [2.05, 4.69) is 16.0 Å². The molecule has 7 nitrogen and oxygen atoms in total. The number of halogens is 3. The van der Waals surface area contributed by atoms with E-state index in [0.29, 0.717) is 19.4 Å². The smallest absolute Gasteiger partial charge is 0.405 e. The number of carbonyl (C=O) groups excluding carboxylic acids is 1. The Bertz CT molecular complexity index is 1040. The molecule has 0 aliphatic heterocycles. The van der Waals surface area contributed by atoms with Crippen LogP contribution in [0.1, 0.15) is 62.6 Å². The summed E-state index contributed by atoms with van der Waals surface area (Å²) in [6, 6.07) is 8.59. The molecule has 39 heavy (non-hydrogen) atoms. The third-order valence-electron chi connectivity index (χ3n) is 6.51. The van der Waals surface area contributed by atoms with Crippen LogP contribution in [-0.4, -0.2) is 53.1 Å². The minimum Gasteiger partial charge on any atom is -0.465 e. The Labute approximate surface area is 228 Å². The summed E-state index contributed by atoms with van der Waals surface area (Å²) < 4.78 is 41.8. The standard InChI is InChI=1S/C29H40F3N3O4/c1-3-5-9-22(30)10-11-25(35-29(38)39)28(37)34-26(15-21-13-23(31)16-24(32)14-21)27(36)18-33-17-20-8-6-7-19(4-2)12-20/h6-8,12-14,16,22,25-27,33,35-36H,3-5,9-11,15,17-18H2,1-2H3,(H,34,37)(H,38,39)/t22?,25-,26+,27-/m1/s1. The van der Waals surface area contributed by atoms with E-state index in [1.165, 1.54) is 0 Å². The van der Waals surface area contributed by atoms with Gasteiger partial charge in [0.25, 0.3) is 0 Å². The number of rotatable bonds is 17. The van der Waals surface area contributed by atoms with Gasteiger partial charge in [0.1, 0.15) is 23.8 Å². The lowest BCUT2D eigenvalue weighted by atomic mass is 9.99. The molecule has 0 aliphatic carbocycles. The third-order valence-corrected chi connectivity index (χ3v) is 6.51. The highest BCUT2D eigenvalue weighted by atomic mass is 19.1. The number of amides is 2. The molecule has 0 radical (unpaired) electrons. The number of benzene rings is 2. The molecule has 10 heteroatoms. The number of aliphatic hydroxyl groups is 1. The number of nitrogens with one attached hydrogen (secondary N) is 3. The zero-order chi connectivity index (χ0) is 28.8. The molecule has 0 saturated carbocycles. The average molecular weight is 552 g/mol. The van der Waals surface area contributed by atoms with Gasteiger partial charge in [-0.1, -0.05) is 51.0 Å². The molecule has 0 spiro atoms. The first kappa shape index (κ1) is 32.1. The first-order chi connectivity index (χ1) is 18.6. The van der Waals surface area contributed by atoms with Crippen molar-refractivity contribution in [1.29, 1.82) is 0 Å². The molecule has 1 unspecified atom stereocenters. The molecule has 0 heterocycles. The lowest BCUT2D eigenvalue weighted by Gasteiger charge is -2.27. The third kappa shape index (κ3) is 12.1. The van der Waals surface area contributed by atoms with E-state index in [1.807, 2.05) is 38.1 Å². The van der Waals surface area contributed by atoms with E-state index >= 15 is 0 Å². The highest BCUT2D eigenvalue weighted by molar-refractivity contribution is 5.85. The monoisotopic (exact) mass is 551 g/mol. The van der Waals surface area contributed by atoms with Gasteiger partial charge in [0.05, 0.1) is 12.1 Å². The largest absolute Gasteiger partial charge is 0.465 e. The van der Waals surface area contributed by atoms with Crippen LogP contribution in [0.3, 0.4) is 0 Å². The van der Waals surface area contributed by atoms with Crippen molar-refractivity contribution in [3.05, 3.63) is 70.8 Å². The van der Waals surface area contributed by atoms with E-state index in [0.717, 1.165) is 42.2 Å². The second-order valence-electron chi connectivity index (χ2n) is 9.79. The molecule has 0 bridgehead atoms. The van der Waals surface area contributed by atoms with Gasteiger partial charge in [-0.05, 0) is 60.9 Å². The van der Waals surface area contributed by atoms with Crippen LogP contribution < -0.4 is 16.0 Å². The summed E-state index contributed by atoms with van der Waals surface area (Å²) in [7, 11) is 0. The van der Waals surface area contributed by atoms with Crippen LogP contribution in [0.15, 0.2) is 42.5 Å². The molecule has 216 valence electrons. The van der Waals surface area contributed by atoms with Gasteiger partial charge < -0.3 is 26.2 Å². The Balaban J connectivity index is 2.13. The van der Waals surface area contributed by atoms with Gasteiger partial charge in [-0.2, -0.15) is 0 Å². The number of unbranched alkanes of at least 4 members (excludes halogenated alkanes) is 1. The lowest BCUT2D eigenvalue weighted by Crippen LogP contribution is -2.54. The number of aryl methyl sites for hydroxylation is 1. The van der Waals surface area contributed by atoms with E-state index in [-0.39, 0.29) is 31.4 Å². The van der Waals surface area contributed by atoms with Gasteiger partial charge in [-0.3, -0.25) is 4.79 Å². The van der Waals surface area contributed by atoms with Gasteiger partial charge in [-0.15, -0.1) is 0 Å². The topological polar surface area (TPSA) is 111 Å². The van der Waals surface area contributed by atoms with E-state index in [9.17, 15) is 33.0 Å². The lowest BCUT2D eigenvalue weighted by molar-refractivity contribution is -0.124. The maximum Gasteiger partial charge on any atom is 0.405 e. The molecule has 2 rings (SSSR count). The molecule has 5 N–H and O–H groups in total. The van der Waals surface area contributed by atoms with Crippen LogP contribution in [0.2, 0.25) is 0 Å². The van der Waals surface area contributed by atoms with Crippen molar-refractivity contribution in [2.24, 2.45) is 0 Å². The zero-order valence-corrected chi connectivity index (χ0v) is 22.6. The number of aliphatic hydroxyl groups excluding tert-OH is 1.